The molecule has 0 amide bonds. The highest BCUT2D eigenvalue weighted by atomic mass is 79.9. The second-order valence-electron chi connectivity index (χ2n) is 5.05. The first-order valence-corrected chi connectivity index (χ1v) is 7.56. The van der Waals surface area contributed by atoms with Crippen molar-refractivity contribution >= 4 is 27.5 Å². The van der Waals surface area contributed by atoms with E-state index in [2.05, 4.69) is 15.9 Å². The third-order valence-corrected chi connectivity index (χ3v) is 3.24. The first-order chi connectivity index (χ1) is 8.87. The van der Waals surface area contributed by atoms with Crippen molar-refractivity contribution in [3.05, 3.63) is 22.7 Å². The molecule has 0 aliphatic carbocycles. The van der Waals surface area contributed by atoms with Gasteiger partial charge < -0.3 is 14.2 Å². The zero-order chi connectivity index (χ0) is 14.5. The van der Waals surface area contributed by atoms with Crippen molar-refractivity contribution in [2.75, 3.05) is 20.3 Å². The van der Waals surface area contributed by atoms with Gasteiger partial charge in [-0.2, -0.15) is 0 Å². The van der Waals surface area contributed by atoms with Gasteiger partial charge in [0.05, 0.1) is 24.3 Å². The van der Waals surface area contributed by atoms with E-state index < -0.39 is 0 Å². The second kappa shape index (κ2) is 7.36. The molecule has 0 N–H and O–H groups in total. The Balaban J connectivity index is 2.67. The van der Waals surface area contributed by atoms with Gasteiger partial charge in [-0.1, -0.05) is 27.5 Å². The van der Waals surface area contributed by atoms with Gasteiger partial charge in [0.1, 0.15) is 6.61 Å². The van der Waals surface area contributed by atoms with E-state index >= 15 is 0 Å². The summed E-state index contributed by atoms with van der Waals surface area (Å²) in [5.74, 6) is 1.20. The lowest BCUT2D eigenvalue weighted by atomic mass is 10.2. The summed E-state index contributed by atoms with van der Waals surface area (Å²) >= 11 is 9.58. The summed E-state index contributed by atoms with van der Waals surface area (Å²) in [6.45, 7) is 6.95. The van der Waals surface area contributed by atoms with Gasteiger partial charge >= 0.3 is 0 Å². The standard InChI is InChI=1S/C14H20BrClO3/c1-14(2,3)19-6-5-18-13-11(16)7-10(9-15)8-12(13)17-4/h7-8H,5-6,9H2,1-4H3. The maximum Gasteiger partial charge on any atom is 0.179 e. The third kappa shape index (κ3) is 5.59. The van der Waals surface area contributed by atoms with Crippen LogP contribution in [0.3, 0.4) is 0 Å². The molecular weight excluding hydrogens is 332 g/mol. The molecule has 1 aromatic rings. The Morgan fingerprint density at radius 1 is 1.21 bits per heavy atom. The lowest BCUT2D eigenvalue weighted by molar-refractivity contribution is -0.0165. The van der Waals surface area contributed by atoms with Gasteiger partial charge in [0.15, 0.2) is 11.5 Å². The predicted octanol–water partition coefficient (Wildman–Crippen LogP) is 4.44. The minimum atomic E-state index is -0.170. The molecule has 0 bridgehead atoms. The molecule has 0 spiro atoms. The fourth-order valence-electron chi connectivity index (χ4n) is 1.48. The number of benzene rings is 1. The van der Waals surface area contributed by atoms with E-state index in [1.54, 1.807) is 7.11 Å². The first-order valence-electron chi connectivity index (χ1n) is 6.06. The topological polar surface area (TPSA) is 27.7 Å². The van der Waals surface area contributed by atoms with Crippen LogP contribution in [0.4, 0.5) is 0 Å². The maximum atomic E-state index is 6.19. The summed E-state index contributed by atoms with van der Waals surface area (Å²) in [6.07, 6.45) is 0. The van der Waals surface area contributed by atoms with Gasteiger partial charge in [0.2, 0.25) is 0 Å². The highest BCUT2D eigenvalue weighted by Crippen LogP contribution is 2.36. The number of halogens is 2. The van der Waals surface area contributed by atoms with E-state index in [0.29, 0.717) is 29.7 Å². The minimum absolute atomic E-state index is 0.170. The van der Waals surface area contributed by atoms with Crippen molar-refractivity contribution in [3.8, 4) is 11.5 Å². The first kappa shape index (κ1) is 16.6. The van der Waals surface area contributed by atoms with Crippen molar-refractivity contribution in [1.29, 1.82) is 0 Å². The Bertz CT molecular complexity index is 416. The molecule has 0 heterocycles. The molecule has 1 rings (SSSR count). The van der Waals surface area contributed by atoms with Crippen LogP contribution >= 0.6 is 27.5 Å². The highest BCUT2D eigenvalue weighted by molar-refractivity contribution is 9.08. The molecule has 0 saturated carbocycles. The molecule has 0 atom stereocenters. The van der Waals surface area contributed by atoms with Crippen LogP contribution < -0.4 is 9.47 Å². The summed E-state index contributed by atoms with van der Waals surface area (Å²) in [6, 6.07) is 3.76. The van der Waals surface area contributed by atoms with Gasteiger partial charge in [-0.05, 0) is 38.5 Å². The summed E-state index contributed by atoms with van der Waals surface area (Å²) in [5, 5.41) is 1.26. The molecule has 0 radical (unpaired) electrons. The summed E-state index contributed by atoms with van der Waals surface area (Å²) in [4.78, 5) is 0. The lowest BCUT2D eigenvalue weighted by Gasteiger charge is -2.20. The van der Waals surface area contributed by atoms with Crippen LogP contribution in [-0.4, -0.2) is 25.9 Å². The zero-order valence-electron chi connectivity index (χ0n) is 11.8. The zero-order valence-corrected chi connectivity index (χ0v) is 14.1. The summed E-state index contributed by atoms with van der Waals surface area (Å²) in [5.41, 5.74) is 0.872. The lowest BCUT2D eigenvalue weighted by Crippen LogP contribution is -2.22. The Kier molecular flexibility index (Phi) is 6.43. The third-order valence-electron chi connectivity index (χ3n) is 2.31. The van der Waals surface area contributed by atoms with Gasteiger partial charge in [-0.25, -0.2) is 0 Å². The normalized spacial score (nSPS) is 11.5. The van der Waals surface area contributed by atoms with Crippen LogP contribution in [0.25, 0.3) is 0 Å². The summed E-state index contributed by atoms with van der Waals surface area (Å²) in [7, 11) is 1.60. The monoisotopic (exact) mass is 350 g/mol. The average molecular weight is 352 g/mol. The Morgan fingerprint density at radius 2 is 1.89 bits per heavy atom. The Morgan fingerprint density at radius 3 is 2.42 bits per heavy atom. The van der Waals surface area contributed by atoms with Crippen molar-refractivity contribution < 1.29 is 14.2 Å². The van der Waals surface area contributed by atoms with Crippen LogP contribution in [0.2, 0.25) is 5.02 Å². The van der Waals surface area contributed by atoms with Crippen LogP contribution in [0.1, 0.15) is 26.3 Å². The molecule has 3 nitrogen and oxygen atoms in total. The van der Waals surface area contributed by atoms with Crippen molar-refractivity contribution in [2.24, 2.45) is 0 Å². The molecule has 0 aliphatic rings. The van der Waals surface area contributed by atoms with E-state index in [0.717, 1.165) is 10.9 Å². The van der Waals surface area contributed by atoms with E-state index in [4.69, 9.17) is 25.8 Å². The van der Waals surface area contributed by atoms with Crippen molar-refractivity contribution in [1.82, 2.24) is 0 Å². The molecule has 19 heavy (non-hydrogen) atoms. The van der Waals surface area contributed by atoms with Crippen LogP contribution in [-0.2, 0) is 10.1 Å². The maximum absolute atomic E-state index is 6.19. The molecule has 0 aromatic heterocycles. The van der Waals surface area contributed by atoms with Gasteiger partial charge in [0.25, 0.3) is 0 Å². The van der Waals surface area contributed by atoms with E-state index in [-0.39, 0.29) is 5.60 Å². The largest absolute Gasteiger partial charge is 0.493 e. The van der Waals surface area contributed by atoms with Gasteiger partial charge in [-0.15, -0.1) is 0 Å². The minimum Gasteiger partial charge on any atom is -0.493 e. The highest BCUT2D eigenvalue weighted by Gasteiger charge is 2.13. The van der Waals surface area contributed by atoms with E-state index in [1.807, 2.05) is 32.9 Å². The molecule has 108 valence electrons. The van der Waals surface area contributed by atoms with Crippen molar-refractivity contribution in [3.63, 3.8) is 0 Å². The van der Waals surface area contributed by atoms with Gasteiger partial charge in [0, 0.05) is 5.33 Å². The molecule has 0 saturated heterocycles. The summed E-state index contributed by atoms with van der Waals surface area (Å²) < 4.78 is 16.5. The SMILES string of the molecule is COc1cc(CBr)cc(Cl)c1OCCOC(C)(C)C. The molecule has 0 fully saturated rings. The van der Waals surface area contributed by atoms with Crippen LogP contribution in [0, 0.1) is 0 Å². The number of alkyl halides is 1. The number of rotatable bonds is 6. The number of methoxy groups -OCH3 is 1. The number of ether oxygens (including phenoxy) is 3. The second-order valence-corrected chi connectivity index (χ2v) is 6.02. The molecular formula is C14H20BrClO3. The van der Waals surface area contributed by atoms with Crippen LogP contribution in [0.15, 0.2) is 12.1 Å². The molecule has 0 unspecified atom stereocenters. The van der Waals surface area contributed by atoms with E-state index in [1.165, 1.54) is 0 Å². The average Bonchev–Trinajstić information content (AvgIpc) is 2.34. The predicted molar refractivity (Wildman–Crippen MR) is 81.8 cm³/mol. The van der Waals surface area contributed by atoms with E-state index in [9.17, 15) is 0 Å². The number of hydrogen-bond acceptors (Lipinski definition) is 3. The number of hydrogen-bond donors (Lipinski definition) is 0. The fourth-order valence-corrected chi connectivity index (χ4v) is 2.09. The fraction of sp³-hybridized carbons (Fsp3) is 0.571. The molecule has 5 heteroatoms. The molecule has 0 aliphatic heterocycles. The van der Waals surface area contributed by atoms with Gasteiger partial charge in [-0.3, -0.25) is 0 Å². The van der Waals surface area contributed by atoms with Crippen LogP contribution in [0.5, 0.6) is 11.5 Å². The quantitative estimate of drug-likeness (QED) is 0.560. The Hall–Kier alpha value is -0.450. The Labute approximate surface area is 128 Å². The smallest absolute Gasteiger partial charge is 0.179 e. The molecule has 1 aromatic carbocycles. The van der Waals surface area contributed by atoms with Crippen molar-refractivity contribution in [2.45, 2.75) is 31.7 Å².